The third kappa shape index (κ3) is 4.08. The third-order valence-corrected chi connectivity index (χ3v) is 7.34. The number of ether oxygens (including phenoxy) is 2. The highest BCUT2D eigenvalue weighted by atomic mass is 16.6. The van der Waals surface area contributed by atoms with Crippen LogP contribution in [0.1, 0.15) is 71.1 Å². The summed E-state index contributed by atoms with van der Waals surface area (Å²) < 4.78 is 13.6. The molecule has 0 aromatic carbocycles. The summed E-state index contributed by atoms with van der Waals surface area (Å²) in [6.07, 6.45) is 5.40. The number of nitrogen functional groups attached to an aromatic ring is 1. The minimum atomic E-state index is -0.513. The van der Waals surface area contributed by atoms with Crippen molar-refractivity contribution in [2.75, 3.05) is 25.4 Å². The van der Waals surface area contributed by atoms with E-state index in [9.17, 15) is 9.59 Å². The van der Waals surface area contributed by atoms with Crippen LogP contribution < -0.4 is 5.73 Å². The molecule has 0 aliphatic carbocycles. The molecule has 2 N–H and O–H groups in total. The Balaban J connectivity index is 1.24. The van der Waals surface area contributed by atoms with Gasteiger partial charge in [0.1, 0.15) is 29.7 Å². The molecule has 34 heavy (non-hydrogen) atoms. The predicted molar refractivity (Wildman–Crippen MR) is 125 cm³/mol. The van der Waals surface area contributed by atoms with E-state index in [1.54, 1.807) is 9.42 Å². The summed E-state index contributed by atoms with van der Waals surface area (Å²) in [5.74, 6) is 0.490. The number of rotatable bonds is 2. The van der Waals surface area contributed by atoms with Crippen molar-refractivity contribution >= 4 is 23.3 Å². The molecular weight excluding hydrogens is 436 g/mol. The Labute approximate surface area is 199 Å². The van der Waals surface area contributed by atoms with Gasteiger partial charge in [-0.1, -0.05) is 0 Å². The van der Waals surface area contributed by atoms with Crippen molar-refractivity contribution in [1.29, 1.82) is 0 Å². The fraction of sp³-hybridized carbons (Fsp3) is 0.667. The highest BCUT2D eigenvalue weighted by Crippen LogP contribution is 2.41. The first-order valence-electron chi connectivity index (χ1n) is 12.2. The summed E-state index contributed by atoms with van der Waals surface area (Å²) in [5, 5.41) is 4.31. The average molecular weight is 471 g/mol. The number of aromatic nitrogens is 3. The zero-order chi connectivity index (χ0) is 24.1. The largest absolute Gasteiger partial charge is 0.444 e. The minimum absolute atomic E-state index is 0.0701. The highest BCUT2D eigenvalue weighted by molar-refractivity contribution is 5.82. The number of likely N-dealkylation sites (tertiary alicyclic amines) is 2. The van der Waals surface area contributed by atoms with Gasteiger partial charge in [-0.2, -0.15) is 5.10 Å². The van der Waals surface area contributed by atoms with E-state index in [4.69, 9.17) is 15.2 Å². The van der Waals surface area contributed by atoms with Crippen molar-refractivity contribution in [3.8, 4) is 0 Å². The van der Waals surface area contributed by atoms with E-state index in [1.165, 1.54) is 6.33 Å². The molecule has 184 valence electrons. The number of hydrogen-bond acceptors (Lipinski definition) is 7. The Bertz CT molecular complexity index is 1080. The summed E-state index contributed by atoms with van der Waals surface area (Å²) in [7, 11) is 0. The molecule has 10 nitrogen and oxygen atoms in total. The zero-order valence-electron chi connectivity index (χ0n) is 20.2. The van der Waals surface area contributed by atoms with Gasteiger partial charge >= 0.3 is 6.09 Å². The van der Waals surface area contributed by atoms with Gasteiger partial charge in [-0.25, -0.2) is 14.3 Å². The summed E-state index contributed by atoms with van der Waals surface area (Å²) in [6, 6.07) is 3.83. The van der Waals surface area contributed by atoms with Crippen LogP contribution in [-0.2, 0) is 14.3 Å². The van der Waals surface area contributed by atoms with Crippen LogP contribution >= 0.6 is 0 Å². The van der Waals surface area contributed by atoms with E-state index in [-0.39, 0.29) is 23.6 Å². The summed E-state index contributed by atoms with van der Waals surface area (Å²) in [4.78, 5) is 33.9. The lowest BCUT2D eigenvalue weighted by Crippen LogP contribution is -2.57. The Morgan fingerprint density at radius 1 is 1.15 bits per heavy atom. The molecule has 0 saturated carbocycles. The molecule has 0 radical (unpaired) electrons. The molecule has 5 heterocycles. The Morgan fingerprint density at radius 3 is 2.65 bits per heavy atom. The van der Waals surface area contributed by atoms with Gasteiger partial charge in [-0.15, -0.1) is 0 Å². The van der Waals surface area contributed by atoms with Gasteiger partial charge in [0.2, 0.25) is 0 Å². The van der Waals surface area contributed by atoms with Crippen LogP contribution in [0.2, 0.25) is 0 Å². The number of carbonyl (C=O) groups excluding carboxylic acids is 2. The number of fused-ring (bicyclic) bond motifs is 1. The van der Waals surface area contributed by atoms with Crippen molar-refractivity contribution in [1.82, 2.24) is 24.4 Å². The molecule has 3 fully saturated rings. The smallest absolute Gasteiger partial charge is 0.410 e. The first kappa shape index (κ1) is 22.9. The Kier molecular flexibility index (Phi) is 5.66. The van der Waals surface area contributed by atoms with E-state index in [0.29, 0.717) is 25.3 Å². The third-order valence-electron chi connectivity index (χ3n) is 7.34. The number of hydrogen-bond donors (Lipinski definition) is 1. The molecule has 2 aromatic rings. The van der Waals surface area contributed by atoms with Crippen LogP contribution in [0.3, 0.4) is 0 Å². The lowest BCUT2D eigenvalue weighted by molar-refractivity contribution is -0.149. The molecule has 0 unspecified atom stereocenters. The number of anilines is 1. The zero-order valence-corrected chi connectivity index (χ0v) is 20.2. The van der Waals surface area contributed by atoms with E-state index < -0.39 is 11.7 Å². The second kappa shape index (κ2) is 8.41. The van der Waals surface area contributed by atoms with Gasteiger partial charge in [0.15, 0.2) is 5.82 Å². The van der Waals surface area contributed by atoms with Gasteiger partial charge in [-0.05, 0) is 71.4 Å². The average Bonchev–Trinajstić information content (AvgIpc) is 3.51. The molecule has 2 amide bonds. The van der Waals surface area contributed by atoms with Crippen LogP contribution in [0.15, 0.2) is 18.5 Å². The van der Waals surface area contributed by atoms with E-state index in [1.807, 2.05) is 37.8 Å². The van der Waals surface area contributed by atoms with Gasteiger partial charge in [0, 0.05) is 25.2 Å². The van der Waals surface area contributed by atoms with Crippen molar-refractivity contribution in [2.24, 2.45) is 0 Å². The lowest BCUT2D eigenvalue weighted by Gasteiger charge is -2.45. The fourth-order valence-electron chi connectivity index (χ4n) is 5.66. The predicted octanol–water partition coefficient (Wildman–Crippen LogP) is 2.92. The molecule has 1 spiro atoms. The maximum Gasteiger partial charge on any atom is 0.410 e. The van der Waals surface area contributed by atoms with Crippen molar-refractivity contribution in [3.63, 3.8) is 0 Å². The number of piperidine rings is 1. The lowest BCUT2D eigenvalue weighted by atomic mass is 9.84. The van der Waals surface area contributed by atoms with Crippen LogP contribution in [0.4, 0.5) is 10.6 Å². The molecule has 3 aliphatic rings. The van der Waals surface area contributed by atoms with E-state index >= 15 is 0 Å². The molecule has 2 aromatic heterocycles. The Hall–Kier alpha value is -2.88. The minimum Gasteiger partial charge on any atom is -0.444 e. The second-order valence-corrected chi connectivity index (χ2v) is 10.7. The monoisotopic (exact) mass is 470 g/mol. The van der Waals surface area contributed by atoms with E-state index in [0.717, 1.165) is 49.9 Å². The Morgan fingerprint density at radius 2 is 1.91 bits per heavy atom. The fourth-order valence-corrected chi connectivity index (χ4v) is 5.66. The molecule has 3 saturated heterocycles. The van der Waals surface area contributed by atoms with E-state index in [2.05, 4.69) is 10.1 Å². The maximum atomic E-state index is 13.6. The first-order valence-corrected chi connectivity index (χ1v) is 12.2. The normalized spacial score (nSPS) is 24.8. The molecule has 3 aliphatic heterocycles. The van der Waals surface area contributed by atoms with Gasteiger partial charge in [0.05, 0.1) is 5.69 Å². The quantitative estimate of drug-likeness (QED) is 0.717. The van der Waals surface area contributed by atoms with Gasteiger partial charge < -0.3 is 25.0 Å². The van der Waals surface area contributed by atoms with Crippen molar-refractivity contribution in [3.05, 3.63) is 24.2 Å². The van der Waals surface area contributed by atoms with Gasteiger partial charge in [0.25, 0.3) is 5.91 Å². The topological polar surface area (TPSA) is 115 Å². The van der Waals surface area contributed by atoms with Crippen LogP contribution in [0, 0.1) is 0 Å². The van der Waals surface area contributed by atoms with Gasteiger partial charge in [-0.3, -0.25) is 4.79 Å². The first-order chi connectivity index (χ1) is 16.2. The van der Waals surface area contributed by atoms with Crippen LogP contribution in [-0.4, -0.2) is 73.3 Å². The van der Waals surface area contributed by atoms with Crippen LogP contribution in [0.5, 0.6) is 0 Å². The number of amides is 2. The SMILES string of the molecule is CC(C)(C)OC(=O)N1CCC2(CCCN2C(=O)[C@@H]2CC[C@H](c3ccc4c(N)ncnn34)O2)CC1. The van der Waals surface area contributed by atoms with Crippen molar-refractivity contribution in [2.45, 2.75) is 82.6 Å². The highest BCUT2D eigenvalue weighted by Gasteiger charge is 2.49. The molecular formula is C24H34N6O4. The maximum absolute atomic E-state index is 13.6. The summed E-state index contributed by atoms with van der Waals surface area (Å²) in [5.41, 5.74) is 6.88. The van der Waals surface area contributed by atoms with Crippen molar-refractivity contribution < 1.29 is 19.1 Å². The second-order valence-electron chi connectivity index (χ2n) is 10.7. The number of carbonyl (C=O) groups is 2. The molecule has 10 heteroatoms. The molecule has 0 bridgehead atoms. The molecule has 5 rings (SSSR count). The molecule has 2 atom stereocenters. The van der Waals surface area contributed by atoms with Crippen LogP contribution in [0.25, 0.3) is 5.52 Å². The standard InChI is InChI=1S/C24H34N6O4/c1-23(2,3)34-22(32)28-13-10-24(11-14-28)9-4-12-29(24)21(31)19-8-7-18(33-19)16-5-6-17-20(25)26-15-27-30(16)17/h5-6,15,18-19H,4,7-14H2,1-3H3,(H2,25,26,27)/t18-,19+/m1/s1. The number of nitrogens with two attached hydrogens (primary N) is 1. The number of nitrogens with zero attached hydrogens (tertiary/aromatic N) is 5. The summed E-state index contributed by atoms with van der Waals surface area (Å²) >= 11 is 0. The summed E-state index contributed by atoms with van der Waals surface area (Å²) in [6.45, 7) is 7.57.